The Bertz CT molecular complexity index is 356. The molecule has 0 aliphatic heterocycles. The molecule has 0 amide bonds. The van der Waals surface area contributed by atoms with Gasteiger partial charge < -0.3 is 0 Å². The van der Waals surface area contributed by atoms with Crippen LogP contribution in [-0.2, 0) is 9.84 Å². The lowest BCUT2D eigenvalue weighted by Crippen LogP contribution is -2.31. The molecule has 0 bridgehead atoms. The minimum atomic E-state index is -4.78. The van der Waals surface area contributed by atoms with E-state index in [1.807, 2.05) is 0 Å². The topological polar surface area (TPSA) is 57.9 Å². The van der Waals surface area contributed by atoms with Gasteiger partial charge in [0.15, 0.2) is 15.8 Å². The molecule has 0 aliphatic rings. The predicted octanol–water partition coefficient (Wildman–Crippen LogP) is 2.15. The number of halogens is 3. The molecule has 7 heteroatoms. The van der Waals surface area contributed by atoms with Crippen molar-refractivity contribution >= 4 is 9.84 Å². The predicted molar refractivity (Wildman–Crippen MR) is 53.3 cm³/mol. The molecule has 0 aliphatic carbocycles. The van der Waals surface area contributed by atoms with Gasteiger partial charge in [0.1, 0.15) is 0 Å². The Hall–Kier alpha value is -0.770. The summed E-state index contributed by atoms with van der Waals surface area (Å²) in [6, 6.07) is 0.985. The third-order valence-electron chi connectivity index (χ3n) is 2.21. The molecule has 94 valence electrons. The van der Waals surface area contributed by atoms with Crippen molar-refractivity contribution in [2.45, 2.75) is 26.4 Å². The first-order valence-electron chi connectivity index (χ1n) is 4.79. The fourth-order valence-corrected chi connectivity index (χ4v) is 3.09. The van der Waals surface area contributed by atoms with Crippen molar-refractivity contribution in [3.05, 3.63) is 0 Å². The molecule has 0 rings (SSSR count). The maximum Gasteiger partial charge on any atom is 0.405 e. The van der Waals surface area contributed by atoms with Crippen LogP contribution in [0.5, 0.6) is 0 Å². The van der Waals surface area contributed by atoms with Gasteiger partial charge in [-0.1, -0.05) is 20.3 Å². The van der Waals surface area contributed by atoms with E-state index in [9.17, 15) is 21.6 Å². The normalized spacial score (nSPS) is 16.5. The average Bonchev–Trinajstić information content (AvgIpc) is 2.11. The molecule has 0 saturated carbocycles. The summed E-state index contributed by atoms with van der Waals surface area (Å²) < 4.78 is 59.3. The highest BCUT2D eigenvalue weighted by atomic mass is 32.2. The number of alkyl halides is 3. The molecule has 3 nitrogen and oxygen atoms in total. The first-order valence-corrected chi connectivity index (χ1v) is 6.61. The molecule has 0 radical (unpaired) electrons. The Kier molecular flexibility index (Phi) is 5.26. The van der Waals surface area contributed by atoms with Crippen molar-refractivity contribution < 1.29 is 21.6 Å². The van der Waals surface area contributed by atoms with Crippen molar-refractivity contribution in [2.75, 3.05) is 11.5 Å². The molecule has 0 N–H and O–H groups in total. The molecular formula is C9H14F3NO2S. The Morgan fingerprint density at radius 2 is 1.81 bits per heavy atom. The van der Waals surface area contributed by atoms with E-state index in [4.69, 9.17) is 5.26 Å². The van der Waals surface area contributed by atoms with E-state index < -0.39 is 27.7 Å². The van der Waals surface area contributed by atoms with Gasteiger partial charge in [-0.05, 0) is 5.92 Å². The van der Waals surface area contributed by atoms with E-state index in [0.29, 0.717) is 6.42 Å². The van der Waals surface area contributed by atoms with Crippen LogP contribution < -0.4 is 0 Å². The molecule has 0 heterocycles. The summed E-state index contributed by atoms with van der Waals surface area (Å²) in [4.78, 5) is 0. The number of nitriles is 1. The Labute approximate surface area is 93.2 Å². The molecule has 0 fully saturated rings. The standard InChI is InChI=1S/C9H14F3NO2S/c1-3-7(2)5-16(14,15)6-8(4-13)9(10,11)12/h7-8H,3,5-6H2,1-2H3. The SMILES string of the molecule is CCC(C)CS(=O)(=O)CC(C#N)C(F)(F)F. The fourth-order valence-electron chi connectivity index (χ4n) is 1.08. The summed E-state index contributed by atoms with van der Waals surface area (Å²) in [7, 11) is -3.83. The smallest absolute Gasteiger partial charge is 0.229 e. The second-order valence-corrected chi connectivity index (χ2v) is 5.97. The summed E-state index contributed by atoms with van der Waals surface area (Å²) in [5.74, 6) is -4.08. The van der Waals surface area contributed by atoms with Gasteiger partial charge in [-0.15, -0.1) is 0 Å². The Morgan fingerprint density at radius 3 is 2.12 bits per heavy atom. The van der Waals surface area contributed by atoms with E-state index in [2.05, 4.69) is 0 Å². The molecule has 2 atom stereocenters. The summed E-state index contributed by atoms with van der Waals surface area (Å²) in [6.45, 7) is 3.40. The second kappa shape index (κ2) is 5.53. The second-order valence-electron chi connectivity index (χ2n) is 3.81. The molecule has 0 aromatic heterocycles. The maximum atomic E-state index is 12.2. The van der Waals surface area contributed by atoms with Gasteiger partial charge in [0.05, 0.1) is 17.6 Å². The molecule has 0 aromatic carbocycles. The molecule has 0 aromatic rings. The van der Waals surface area contributed by atoms with E-state index in [1.165, 1.54) is 0 Å². The van der Waals surface area contributed by atoms with Crippen molar-refractivity contribution in [1.29, 1.82) is 5.26 Å². The zero-order valence-corrected chi connectivity index (χ0v) is 9.90. The number of rotatable bonds is 5. The van der Waals surface area contributed by atoms with Gasteiger partial charge in [0.2, 0.25) is 0 Å². The fraction of sp³-hybridized carbons (Fsp3) is 0.889. The monoisotopic (exact) mass is 257 g/mol. The van der Waals surface area contributed by atoms with Crippen molar-refractivity contribution in [2.24, 2.45) is 11.8 Å². The third kappa shape index (κ3) is 5.35. The number of hydrogen-bond donors (Lipinski definition) is 0. The maximum absolute atomic E-state index is 12.2. The molecule has 0 saturated heterocycles. The molecule has 2 unspecified atom stereocenters. The van der Waals surface area contributed by atoms with Gasteiger partial charge in [0.25, 0.3) is 0 Å². The lowest BCUT2D eigenvalue weighted by atomic mass is 10.2. The summed E-state index contributed by atoms with van der Waals surface area (Å²) in [5, 5.41) is 8.28. The highest BCUT2D eigenvalue weighted by Crippen LogP contribution is 2.27. The largest absolute Gasteiger partial charge is 0.405 e. The van der Waals surface area contributed by atoms with Crippen LogP contribution in [0.1, 0.15) is 20.3 Å². The zero-order valence-electron chi connectivity index (χ0n) is 9.08. The Morgan fingerprint density at radius 1 is 1.31 bits per heavy atom. The number of hydrogen-bond acceptors (Lipinski definition) is 3. The van der Waals surface area contributed by atoms with Crippen molar-refractivity contribution in [1.82, 2.24) is 0 Å². The third-order valence-corrected chi connectivity index (χ3v) is 4.13. The van der Waals surface area contributed by atoms with Gasteiger partial charge in [-0.25, -0.2) is 8.42 Å². The van der Waals surface area contributed by atoms with E-state index >= 15 is 0 Å². The minimum Gasteiger partial charge on any atom is -0.229 e. The minimum absolute atomic E-state index is 0.197. The summed E-state index contributed by atoms with van der Waals surface area (Å²) >= 11 is 0. The Balaban J connectivity index is 4.65. The van der Waals surface area contributed by atoms with Crippen LogP contribution in [0, 0.1) is 23.2 Å². The summed E-state index contributed by atoms with van der Waals surface area (Å²) in [5.41, 5.74) is 0. The van der Waals surface area contributed by atoms with E-state index in [1.54, 1.807) is 13.8 Å². The van der Waals surface area contributed by atoms with Gasteiger partial charge >= 0.3 is 6.18 Å². The van der Waals surface area contributed by atoms with Gasteiger partial charge in [-0.3, -0.25) is 0 Å². The lowest BCUT2D eigenvalue weighted by molar-refractivity contribution is -0.153. The summed E-state index contributed by atoms with van der Waals surface area (Å²) in [6.07, 6.45) is -4.21. The van der Waals surface area contributed by atoms with Crippen LogP contribution in [0.4, 0.5) is 13.2 Å². The van der Waals surface area contributed by atoms with Gasteiger partial charge in [0, 0.05) is 0 Å². The number of sulfone groups is 1. The van der Waals surface area contributed by atoms with Crippen molar-refractivity contribution in [3.8, 4) is 6.07 Å². The van der Waals surface area contributed by atoms with Crippen LogP contribution in [0.3, 0.4) is 0 Å². The van der Waals surface area contributed by atoms with Crippen LogP contribution in [0.2, 0.25) is 0 Å². The highest BCUT2D eigenvalue weighted by molar-refractivity contribution is 7.91. The molecule has 16 heavy (non-hydrogen) atoms. The van der Waals surface area contributed by atoms with Crippen LogP contribution in [0.15, 0.2) is 0 Å². The first-order chi connectivity index (χ1) is 7.12. The molecule has 0 spiro atoms. The highest BCUT2D eigenvalue weighted by Gasteiger charge is 2.42. The van der Waals surface area contributed by atoms with Crippen LogP contribution >= 0.6 is 0 Å². The van der Waals surface area contributed by atoms with Crippen LogP contribution in [0.25, 0.3) is 0 Å². The van der Waals surface area contributed by atoms with Gasteiger partial charge in [-0.2, -0.15) is 18.4 Å². The quantitative estimate of drug-likeness (QED) is 0.758. The lowest BCUT2D eigenvalue weighted by Gasteiger charge is -2.15. The molecular weight excluding hydrogens is 243 g/mol. The first kappa shape index (κ1) is 15.2. The number of nitrogens with zero attached hydrogens (tertiary/aromatic N) is 1. The van der Waals surface area contributed by atoms with Crippen molar-refractivity contribution in [3.63, 3.8) is 0 Å². The van der Waals surface area contributed by atoms with E-state index in [-0.39, 0.29) is 11.7 Å². The van der Waals surface area contributed by atoms with E-state index in [0.717, 1.165) is 6.07 Å². The van der Waals surface area contributed by atoms with Crippen LogP contribution in [-0.4, -0.2) is 26.1 Å². The average molecular weight is 257 g/mol. The zero-order chi connectivity index (χ0) is 13.0.